The maximum absolute atomic E-state index is 13.1. The standard InChI is InChI=1S/C21H24N2O8S2/c1-5-31-17-11-13(9-10-16(17)30-2)18(32(3,26)27)12-23-20(24)14-7-6-8-15(19(14)21(23)25)22-33(4,28)29/h6-11,18,22H,5,12H2,1-4H3. The first-order chi connectivity index (χ1) is 15.4. The van der Waals surface area contributed by atoms with Gasteiger partial charge in [-0.25, -0.2) is 16.8 Å². The molecule has 0 aromatic heterocycles. The molecule has 1 atom stereocenters. The number of hydrogen-bond donors (Lipinski definition) is 1. The number of imide groups is 1. The van der Waals surface area contributed by atoms with Gasteiger partial charge in [0.15, 0.2) is 21.3 Å². The van der Waals surface area contributed by atoms with Gasteiger partial charge < -0.3 is 9.47 Å². The van der Waals surface area contributed by atoms with E-state index in [0.717, 1.165) is 17.4 Å². The number of anilines is 1. The number of sulfone groups is 1. The number of rotatable bonds is 9. The fourth-order valence-electron chi connectivity index (χ4n) is 3.60. The second kappa shape index (κ2) is 9.02. The summed E-state index contributed by atoms with van der Waals surface area (Å²) >= 11 is 0. The number of sulfonamides is 1. The first-order valence-electron chi connectivity index (χ1n) is 9.84. The Balaban J connectivity index is 2.02. The summed E-state index contributed by atoms with van der Waals surface area (Å²) in [5.41, 5.74) is 0.137. The fraction of sp³-hybridized carbons (Fsp3) is 0.333. The maximum Gasteiger partial charge on any atom is 0.263 e. The van der Waals surface area contributed by atoms with E-state index in [4.69, 9.17) is 9.47 Å². The molecule has 3 rings (SSSR count). The van der Waals surface area contributed by atoms with Crippen LogP contribution in [0, 0.1) is 0 Å². The highest BCUT2D eigenvalue weighted by Gasteiger charge is 2.41. The molecule has 0 saturated heterocycles. The number of carbonyl (C=O) groups is 2. The molecule has 10 nitrogen and oxygen atoms in total. The minimum Gasteiger partial charge on any atom is -0.493 e. The predicted molar refractivity (Wildman–Crippen MR) is 122 cm³/mol. The van der Waals surface area contributed by atoms with Crippen LogP contribution in [-0.4, -0.2) is 66.3 Å². The van der Waals surface area contributed by atoms with Gasteiger partial charge in [0.05, 0.1) is 43.3 Å². The van der Waals surface area contributed by atoms with Gasteiger partial charge in [0, 0.05) is 6.26 Å². The lowest BCUT2D eigenvalue weighted by Crippen LogP contribution is -2.36. The normalized spacial score (nSPS) is 14.7. The summed E-state index contributed by atoms with van der Waals surface area (Å²) < 4.78 is 61.7. The van der Waals surface area contributed by atoms with Crippen molar-refractivity contribution in [3.63, 3.8) is 0 Å². The Bertz CT molecular complexity index is 1320. The van der Waals surface area contributed by atoms with E-state index in [2.05, 4.69) is 4.72 Å². The van der Waals surface area contributed by atoms with Crippen molar-refractivity contribution in [3.8, 4) is 11.5 Å². The van der Waals surface area contributed by atoms with E-state index in [-0.39, 0.29) is 16.8 Å². The Kier molecular flexibility index (Phi) is 6.70. The highest BCUT2D eigenvalue weighted by atomic mass is 32.2. The van der Waals surface area contributed by atoms with E-state index in [1.807, 2.05) is 0 Å². The minimum atomic E-state index is -3.78. The van der Waals surface area contributed by atoms with Crippen molar-refractivity contribution < 1.29 is 35.9 Å². The van der Waals surface area contributed by atoms with Crippen LogP contribution in [0.5, 0.6) is 11.5 Å². The molecule has 2 aromatic rings. The van der Waals surface area contributed by atoms with Crippen LogP contribution < -0.4 is 14.2 Å². The second-order valence-electron chi connectivity index (χ2n) is 7.48. The van der Waals surface area contributed by atoms with Crippen LogP contribution >= 0.6 is 0 Å². The molecule has 0 spiro atoms. The van der Waals surface area contributed by atoms with Gasteiger partial charge >= 0.3 is 0 Å². The Hall–Kier alpha value is -3.12. The molecule has 1 aliphatic heterocycles. The third-order valence-corrected chi connectivity index (χ3v) is 7.06. The van der Waals surface area contributed by atoms with Crippen LogP contribution in [0.25, 0.3) is 0 Å². The van der Waals surface area contributed by atoms with E-state index >= 15 is 0 Å². The molecule has 1 heterocycles. The van der Waals surface area contributed by atoms with E-state index in [1.165, 1.54) is 37.4 Å². The van der Waals surface area contributed by atoms with Crippen LogP contribution in [-0.2, 0) is 19.9 Å². The summed E-state index contributed by atoms with van der Waals surface area (Å²) in [6.07, 6.45) is 1.93. The molecule has 2 amide bonds. The van der Waals surface area contributed by atoms with Crippen LogP contribution in [0.3, 0.4) is 0 Å². The third-order valence-electron chi connectivity index (χ3n) is 5.02. The van der Waals surface area contributed by atoms with Crippen LogP contribution in [0.15, 0.2) is 36.4 Å². The monoisotopic (exact) mass is 496 g/mol. The van der Waals surface area contributed by atoms with E-state index in [9.17, 15) is 26.4 Å². The number of nitrogens with one attached hydrogen (secondary N) is 1. The molecule has 0 aliphatic carbocycles. The summed E-state index contributed by atoms with van der Waals surface area (Å²) in [5.74, 6) is -0.758. The molecule has 0 radical (unpaired) electrons. The van der Waals surface area contributed by atoms with Crippen molar-refractivity contribution in [1.82, 2.24) is 4.90 Å². The van der Waals surface area contributed by atoms with E-state index < -0.39 is 43.5 Å². The molecule has 0 bridgehead atoms. The Morgan fingerprint density at radius 1 is 1.00 bits per heavy atom. The summed E-state index contributed by atoms with van der Waals surface area (Å²) in [4.78, 5) is 26.9. The first kappa shape index (κ1) is 24.5. The van der Waals surface area contributed by atoms with Crippen LogP contribution in [0.1, 0.15) is 38.5 Å². The zero-order valence-corrected chi connectivity index (χ0v) is 20.1. The van der Waals surface area contributed by atoms with Gasteiger partial charge in [0.25, 0.3) is 11.8 Å². The van der Waals surface area contributed by atoms with Crippen molar-refractivity contribution in [3.05, 3.63) is 53.1 Å². The molecule has 0 saturated carbocycles. The molecule has 0 fully saturated rings. The Labute approximate surface area is 192 Å². The highest BCUT2D eigenvalue weighted by Crippen LogP contribution is 2.36. The molecule has 1 N–H and O–H groups in total. The molecule has 1 aliphatic rings. The number of benzene rings is 2. The number of fused-ring (bicyclic) bond motifs is 1. The van der Waals surface area contributed by atoms with Gasteiger partial charge in [-0.2, -0.15) is 0 Å². The average molecular weight is 497 g/mol. The number of hydrogen-bond acceptors (Lipinski definition) is 8. The summed E-state index contributed by atoms with van der Waals surface area (Å²) in [5, 5.41) is -1.24. The molecular weight excluding hydrogens is 472 g/mol. The summed E-state index contributed by atoms with van der Waals surface area (Å²) in [7, 11) is -6.05. The first-order valence-corrected chi connectivity index (χ1v) is 13.7. The van der Waals surface area contributed by atoms with Gasteiger partial charge in [-0.05, 0) is 36.8 Å². The Morgan fingerprint density at radius 3 is 2.27 bits per heavy atom. The van der Waals surface area contributed by atoms with Crippen molar-refractivity contribution in [2.75, 3.05) is 37.5 Å². The molecule has 12 heteroatoms. The largest absolute Gasteiger partial charge is 0.493 e. The predicted octanol–water partition coefficient (Wildman–Crippen LogP) is 1.85. The van der Waals surface area contributed by atoms with E-state index in [0.29, 0.717) is 23.7 Å². The SMILES string of the molecule is CCOc1cc(C(CN2C(=O)c3cccc(NS(C)(=O)=O)c3C2=O)S(C)(=O)=O)ccc1OC. The van der Waals surface area contributed by atoms with Gasteiger partial charge in [0.1, 0.15) is 5.25 Å². The summed E-state index contributed by atoms with van der Waals surface area (Å²) in [6.45, 7) is 1.63. The zero-order valence-electron chi connectivity index (χ0n) is 18.5. The Morgan fingerprint density at radius 2 is 1.70 bits per heavy atom. The highest BCUT2D eigenvalue weighted by molar-refractivity contribution is 7.92. The topological polar surface area (TPSA) is 136 Å². The number of carbonyl (C=O) groups excluding carboxylic acids is 2. The van der Waals surface area contributed by atoms with Crippen molar-refractivity contribution in [2.45, 2.75) is 12.2 Å². The van der Waals surface area contributed by atoms with Gasteiger partial charge in [0.2, 0.25) is 10.0 Å². The van der Waals surface area contributed by atoms with Crippen LogP contribution in [0.4, 0.5) is 5.69 Å². The molecule has 178 valence electrons. The fourth-order valence-corrected chi connectivity index (χ4v) is 5.23. The molecule has 33 heavy (non-hydrogen) atoms. The van der Waals surface area contributed by atoms with Crippen molar-refractivity contribution in [1.29, 1.82) is 0 Å². The van der Waals surface area contributed by atoms with Crippen molar-refractivity contribution in [2.24, 2.45) is 0 Å². The third kappa shape index (κ3) is 5.11. The molecule has 2 aromatic carbocycles. The number of nitrogens with zero attached hydrogens (tertiary/aromatic N) is 1. The second-order valence-corrected chi connectivity index (χ2v) is 11.5. The number of amides is 2. The number of ether oxygens (including phenoxy) is 2. The number of methoxy groups -OCH3 is 1. The average Bonchev–Trinajstić information content (AvgIpc) is 2.95. The lowest BCUT2D eigenvalue weighted by Gasteiger charge is -2.22. The van der Waals surface area contributed by atoms with Crippen molar-refractivity contribution >= 4 is 37.4 Å². The van der Waals surface area contributed by atoms with Gasteiger partial charge in [-0.15, -0.1) is 0 Å². The quantitative estimate of drug-likeness (QED) is 0.520. The molecule has 1 unspecified atom stereocenters. The minimum absolute atomic E-state index is 0.00867. The molecular formula is C21H24N2O8S2. The zero-order chi connectivity index (χ0) is 24.6. The van der Waals surface area contributed by atoms with E-state index in [1.54, 1.807) is 13.0 Å². The lowest BCUT2D eigenvalue weighted by molar-refractivity contribution is 0.0654. The van der Waals surface area contributed by atoms with Crippen LogP contribution in [0.2, 0.25) is 0 Å². The van der Waals surface area contributed by atoms with Gasteiger partial charge in [-0.3, -0.25) is 19.2 Å². The smallest absolute Gasteiger partial charge is 0.263 e. The van der Waals surface area contributed by atoms with Gasteiger partial charge in [-0.1, -0.05) is 12.1 Å². The maximum atomic E-state index is 13.1. The lowest BCUT2D eigenvalue weighted by atomic mass is 10.1. The summed E-state index contributed by atoms with van der Waals surface area (Å²) in [6, 6.07) is 8.77.